The largest absolute Gasteiger partial charge is 0.345 e. The fraction of sp³-hybridized carbons (Fsp3) is 0.174. The summed E-state index contributed by atoms with van der Waals surface area (Å²) in [7, 11) is 0. The number of thiazole rings is 1. The van der Waals surface area contributed by atoms with Gasteiger partial charge in [-0.3, -0.25) is 9.78 Å². The van der Waals surface area contributed by atoms with E-state index in [9.17, 15) is 4.79 Å². The Morgan fingerprint density at radius 1 is 1.10 bits per heavy atom. The predicted octanol–water partition coefficient (Wildman–Crippen LogP) is 4.60. The van der Waals surface area contributed by atoms with Gasteiger partial charge in [0.2, 0.25) is 0 Å². The lowest BCUT2D eigenvalue weighted by atomic mass is 10.2. The zero-order valence-corrected chi connectivity index (χ0v) is 17.2. The van der Waals surface area contributed by atoms with Gasteiger partial charge in [0, 0.05) is 41.3 Å². The van der Waals surface area contributed by atoms with Crippen LogP contribution in [0.2, 0.25) is 0 Å². The van der Waals surface area contributed by atoms with Crippen molar-refractivity contribution >= 4 is 17.2 Å². The minimum absolute atomic E-state index is 0.0712. The summed E-state index contributed by atoms with van der Waals surface area (Å²) in [6.45, 7) is 5.20. The maximum absolute atomic E-state index is 12.8. The lowest BCUT2D eigenvalue weighted by molar-refractivity contribution is 0.0950. The van der Waals surface area contributed by atoms with Crippen LogP contribution in [-0.2, 0) is 13.1 Å². The molecule has 4 rings (SSSR count). The maximum atomic E-state index is 12.8. The van der Waals surface area contributed by atoms with Crippen LogP contribution in [0.3, 0.4) is 0 Å². The quantitative estimate of drug-likeness (QED) is 0.513. The van der Waals surface area contributed by atoms with Gasteiger partial charge in [0.05, 0.1) is 17.8 Å². The highest BCUT2D eigenvalue weighted by Gasteiger charge is 2.16. The molecule has 5 nitrogen and oxygen atoms in total. The van der Waals surface area contributed by atoms with Gasteiger partial charge >= 0.3 is 0 Å². The molecule has 6 heteroatoms. The molecule has 0 radical (unpaired) electrons. The molecular weight excluding hydrogens is 380 g/mol. The number of hydrogen-bond acceptors (Lipinski definition) is 4. The molecule has 0 saturated heterocycles. The summed E-state index contributed by atoms with van der Waals surface area (Å²) in [4.78, 5) is 21.4. The Morgan fingerprint density at radius 3 is 2.62 bits per heavy atom. The standard InChI is InChI=1S/C23H22N4OS/c1-16-12-20(17(2)27(16)14-18-6-4-3-5-7-18)23(28)25-13-22-26-21(15-29-22)19-8-10-24-11-9-19/h3-12,15H,13-14H2,1-2H3,(H,25,28). The molecule has 3 heterocycles. The van der Waals surface area contributed by atoms with Crippen molar-refractivity contribution in [1.82, 2.24) is 19.9 Å². The lowest BCUT2D eigenvalue weighted by Gasteiger charge is -2.10. The number of nitrogens with one attached hydrogen (secondary N) is 1. The number of aromatic nitrogens is 3. The molecule has 29 heavy (non-hydrogen) atoms. The van der Waals surface area contributed by atoms with Gasteiger partial charge in [0.1, 0.15) is 5.01 Å². The third kappa shape index (κ3) is 4.27. The average molecular weight is 403 g/mol. The molecule has 0 fully saturated rings. The Labute approximate surface area is 174 Å². The van der Waals surface area contributed by atoms with Crippen molar-refractivity contribution in [2.45, 2.75) is 26.9 Å². The number of aryl methyl sites for hydroxylation is 1. The van der Waals surface area contributed by atoms with E-state index in [1.807, 2.05) is 55.6 Å². The number of rotatable bonds is 6. The van der Waals surface area contributed by atoms with Crippen molar-refractivity contribution in [3.05, 3.63) is 93.8 Å². The molecule has 4 aromatic rings. The summed E-state index contributed by atoms with van der Waals surface area (Å²) in [6.07, 6.45) is 3.50. The van der Waals surface area contributed by atoms with Gasteiger partial charge in [-0.05, 0) is 37.6 Å². The molecule has 1 N–H and O–H groups in total. The highest BCUT2D eigenvalue weighted by Crippen LogP contribution is 2.21. The summed E-state index contributed by atoms with van der Waals surface area (Å²) in [5.74, 6) is -0.0712. The van der Waals surface area contributed by atoms with Crippen LogP contribution in [0.15, 0.2) is 66.3 Å². The molecule has 0 atom stereocenters. The number of carbonyl (C=O) groups is 1. The number of hydrogen-bond donors (Lipinski definition) is 1. The van der Waals surface area contributed by atoms with Gasteiger partial charge in [0.25, 0.3) is 5.91 Å². The summed E-state index contributed by atoms with van der Waals surface area (Å²) in [5, 5.41) is 5.89. The second-order valence-electron chi connectivity index (χ2n) is 6.90. The van der Waals surface area contributed by atoms with Gasteiger partial charge in [-0.1, -0.05) is 30.3 Å². The van der Waals surface area contributed by atoms with Crippen LogP contribution in [0.1, 0.15) is 32.3 Å². The van der Waals surface area contributed by atoms with Gasteiger partial charge in [-0.25, -0.2) is 4.98 Å². The lowest BCUT2D eigenvalue weighted by Crippen LogP contribution is -2.23. The van der Waals surface area contributed by atoms with Gasteiger partial charge in [0.15, 0.2) is 0 Å². The van der Waals surface area contributed by atoms with Gasteiger partial charge in [-0.2, -0.15) is 0 Å². The van der Waals surface area contributed by atoms with Crippen LogP contribution < -0.4 is 5.32 Å². The van der Waals surface area contributed by atoms with Gasteiger partial charge in [-0.15, -0.1) is 11.3 Å². The molecule has 0 aliphatic heterocycles. The Hall–Kier alpha value is -3.25. The molecule has 3 aromatic heterocycles. The average Bonchev–Trinajstić information content (AvgIpc) is 3.34. The molecule has 0 saturated carbocycles. The van der Waals surface area contributed by atoms with Crippen molar-refractivity contribution in [2.24, 2.45) is 0 Å². The van der Waals surface area contributed by atoms with E-state index >= 15 is 0 Å². The van der Waals surface area contributed by atoms with E-state index < -0.39 is 0 Å². The van der Waals surface area contributed by atoms with Crippen molar-refractivity contribution in [3.8, 4) is 11.3 Å². The topological polar surface area (TPSA) is 59.8 Å². The number of carbonyl (C=O) groups excluding carboxylic acids is 1. The Kier molecular flexibility index (Phi) is 5.53. The van der Waals surface area contributed by atoms with E-state index in [-0.39, 0.29) is 5.91 Å². The minimum Gasteiger partial charge on any atom is -0.345 e. The normalized spacial score (nSPS) is 10.8. The maximum Gasteiger partial charge on any atom is 0.253 e. The van der Waals surface area contributed by atoms with E-state index in [2.05, 4.69) is 32.0 Å². The molecule has 0 aliphatic rings. The van der Waals surface area contributed by atoms with Crippen LogP contribution >= 0.6 is 11.3 Å². The zero-order chi connectivity index (χ0) is 20.2. The first-order valence-electron chi connectivity index (χ1n) is 9.45. The molecule has 1 aromatic carbocycles. The van der Waals surface area contributed by atoms with Crippen LogP contribution in [0, 0.1) is 13.8 Å². The Bertz CT molecular complexity index is 1120. The van der Waals surface area contributed by atoms with E-state index in [1.165, 1.54) is 5.56 Å². The van der Waals surface area contributed by atoms with E-state index in [0.29, 0.717) is 12.1 Å². The monoisotopic (exact) mass is 402 g/mol. The molecule has 0 aliphatic carbocycles. The van der Waals surface area contributed by atoms with Crippen molar-refractivity contribution in [3.63, 3.8) is 0 Å². The fourth-order valence-corrected chi connectivity index (χ4v) is 4.08. The second kappa shape index (κ2) is 8.41. The number of amides is 1. The third-order valence-electron chi connectivity index (χ3n) is 4.93. The van der Waals surface area contributed by atoms with Gasteiger partial charge < -0.3 is 9.88 Å². The molecule has 0 spiro atoms. The zero-order valence-electron chi connectivity index (χ0n) is 16.4. The second-order valence-corrected chi connectivity index (χ2v) is 7.84. The molecule has 0 bridgehead atoms. The summed E-state index contributed by atoms with van der Waals surface area (Å²) < 4.78 is 2.18. The predicted molar refractivity (Wildman–Crippen MR) is 116 cm³/mol. The highest BCUT2D eigenvalue weighted by atomic mass is 32.1. The minimum atomic E-state index is -0.0712. The van der Waals surface area contributed by atoms with Crippen LogP contribution in [0.5, 0.6) is 0 Å². The highest BCUT2D eigenvalue weighted by molar-refractivity contribution is 7.09. The summed E-state index contributed by atoms with van der Waals surface area (Å²) >= 11 is 1.54. The molecular formula is C23H22N4OS. The molecule has 146 valence electrons. The van der Waals surface area contributed by atoms with Crippen LogP contribution in [-0.4, -0.2) is 20.4 Å². The van der Waals surface area contributed by atoms with Crippen molar-refractivity contribution < 1.29 is 4.79 Å². The van der Waals surface area contributed by atoms with E-state index in [0.717, 1.165) is 34.2 Å². The number of benzene rings is 1. The summed E-state index contributed by atoms with van der Waals surface area (Å²) in [5.41, 5.74) is 5.91. The first-order valence-corrected chi connectivity index (χ1v) is 10.3. The third-order valence-corrected chi connectivity index (χ3v) is 5.78. The molecule has 0 unspecified atom stereocenters. The van der Waals surface area contributed by atoms with Crippen molar-refractivity contribution in [2.75, 3.05) is 0 Å². The first kappa shape index (κ1) is 19.1. The Morgan fingerprint density at radius 2 is 1.86 bits per heavy atom. The smallest absolute Gasteiger partial charge is 0.253 e. The van der Waals surface area contributed by atoms with Crippen LogP contribution in [0.4, 0.5) is 0 Å². The summed E-state index contributed by atoms with van der Waals surface area (Å²) in [6, 6.07) is 16.1. The number of nitrogens with zero attached hydrogens (tertiary/aromatic N) is 3. The number of pyridine rings is 1. The Balaban J connectivity index is 1.44. The van der Waals surface area contributed by atoms with E-state index in [4.69, 9.17) is 0 Å². The first-order chi connectivity index (χ1) is 14.1. The van der Waals surface area contributed by atoms with E-state index in [1.54, 1.807) is 23.7 Å². The van der Waals surface area contributed by atoms with Crippen LogP contribution in [0.25, 0.3) is 11.3 Å². The SMILES string of the molecule is Cc1cc(C(=O)NCc2nc(-c3ccncc3)cs2)c(C)n1Cc1ccccc1. The van der Waals surface area contributed by atoms with Crippen molar-refractivity contribution in [1.29, 1.82) is 0 Å². The molecule has 1 amide bonds. The fourth-order valence-electron chi connectivity index (χ4n) is 3.34.